The van der Waals surface area contributed by atoms with E-state index >= 15 is 0 Å². The topological polar surface area (TPSA) is 86.2 Å². The van der Waals surface area contributed by atoms with Gasteiger partial charge in [-0.05, 0) is 36.2 Å². The number of methoxy groups -OCH3 is 1. The van der Waals surface area contributed by atoms with E-state index in [0.29, 0.717) is 11.5 Å². The number of rotatable bonds is 5. The number of nitrogen functional groups attached to an aromatic ring is 2. The Balaban J connectivity index is 1.86. The third-order valence-corrected chi connectivity index (χ3v) is 2.84. The number of ether oxygens (including phenoxy) is 1. The van der Waals surface area contributed by atoms with Gasteiger partial charge in [-0.1, -0.05) is 12.1 Å². The summed E-state index contributed by atoms with van der Waals surface area (Å²) in [6, 6.07) is 11.6. The number of nitrogens with zero attached hydrogens (tertiary/aromatic N) is 1. The van der Waals surface area contributed by atoms with Gasteiger partial charge in [-0.15, -0.1) is 0 Å². The van der Waals surface area contributed by atoms with Gasteiger partial charge in [0.15, 0.2) is 0 Å². The number of nitrogens with two attached hydrogens (primary N) is 2. The lowest BCUT2D eigenvalue weighted by molar-refractivity contribution is 0.414. The van der Waals surface area contributed by atoms with Crippen molar-refractivity contribution in [3.63, 3.8) is 0 Å². The first-order chi connectivity index (χ1) is 9.19. The Hall–Kier alpha value is -2.43. The molecule has 0 aliphatic heterocycles. The van der Waals surface area contributed by atoms with E-state index in [4.69, 9.17) is 16.2 Å². The fourth-order valence-electron chi connectivity index (χ4n) is 1.71. The molecule has 0 amide bonds. The number of nitrogens with one attached hydrogen (secondary N) is 1. The van der Waals surface area contributed by atoms with Gasteiger partial charge in [0, 0.05) is 6.54 Å². The molecule has 19 heavy (non-hydrogen) atoms. The van der Waals surface area contributed by atoms with E-state index in [1.54, 1.807) is 13.2 Å². The zero-order chi connectivity index (χ0) is 13.7. The van der Waals surface area contributed by atoms with E-state index in [9.17, 15) is 0 Å². The number of hydrogen-bond acceptors (Lipinski definition) is 5. The minimum Gasteiger partial charge on any atom is -0.497 e. The summed E-state index contributed by atoms with van der Waals surface area (Å²) in [4.78, 5) is 4.15. The number of hydrogen-bond donors (Lipinski definition) is 3. The smallest absolute Gasteiger partial charge is 0.149 e. The molecule has 0 radical (unpaired) electrons. The zero-order valence-corrected chi connectivity index (χ0v) is 10.9. The molecule has 0 bridgehead atoms. The second kappa shape index (κ2) is 5.95. The summed E-state index contributed by atoms with van der Waals surface area (Å²) in [5.41, 5.74) is 13.0. The van der Waals surface area contributed by atoms with Gasteiger partial charge in [0.1, 0.15) is 17.4 Å². The Bertz CT molecular complexity index is 540. The monoisotopic (exact) mass is 258 g/mol. The van der Waals surface area contributed by atoms with Crippen LogP contribution in [0.25, 0.3) is 0 Å². The molecule has 5 N–H and O–H groups in total. The number of anilines is 3. The van der Waals surface area contributed by atoms with Crippen LogP contribution in [-0.4, -0.2) is 18.6 Å². The van der Waals surface area contributed by atoms with Crippen molar-refractivity contribution in [3.05, 3.63) is 42.0 Å². The molecule has 1 aromatic heterocycles. The van der Waals surface area contributed by atoms with Gasteiger partial charge in [0.2, 0.25) is 0 Å². The van der Waals surface area contributed by atoms with Gasteiger partial charge in [0.05, 0.1) is 12.8 Å². The van der Waals surface area contributed by atoms with Crippen LogP contribution in [0.1, 0.15) is 5.56 Å². The molecule has 100 valence electrons. The maximum Gasteiger partial charge on any atom is 0.149 e. The van der Waals surface area contributed by atoms with Crippen molar-refractivity contribution < 1.29 is 4.74 Å². The van der Waals surface area contributed by atoms with Crippen LogP contribution in [0.15, 0.2) is 36.4 Å². The third-order valence-electron chi connectivity index (χ3n) is 2.84. The minimum atomic E-state index is 0.356. The summed E-state index contributed by atoms with van der Waals surface area (Å²) in [6.07, 6.45) is 0.899. The van der Waals surface area contributed by atoms with Crippen LogP contribution in [0.3, 0.4) is 0 Å². The van der Waals surface area contributed by atoms with Crippen molar-refractivity contribution >= 4 is 17.3 Å². The molecule has 0 saturated carbocycles. The fourth-order valence-corrected chi connectivity index (χ4v) is 1.71. The van der Waals surface area contributed by atoms with Crippen LogP contribution in [0, 0.1) is 0 Å². The molecule has 5 heteroatoms. The zero-order valence-electron chi connectivity index (χ0n) is 10.9. The molecular formula is C14H18N4O. The molecule has 0 atom stereocenters. The number of benzene rings is 1. The van der Waals surface area contributed by atoms with E-state index in [1.165, 1.54) is 5.56 Å². The second-order valence-corrected chi connectivity index (χ2v) is 4.20. The van der Waals surface area contributed by atoms with Gasteiger partial charge >= 0.3 is 0 Å². The van der Waals surface area contributed by atoms with Crippen molar-refractivity contribution in [2.75, 3.05) is 30.4 Å². The largest absolute Gasteiger partial charge is 0.497 e. The summed E-state index contributed by atoms with van der Waals surface area (Å²) in [7, 11) is 1.66. The molecule has 0 saturated heterocycles. The highest BCUT2D eigenvalue weighted by atomic mass is 16.5. The Labute approximate surface area is 112 Å². The summed E-state index contributed by atoms with van der Waals surface area (Å²) in [6.45, 7) is 0.780. The van der Waals surface area contributed by atoms with E-state index in [-0.39, 0.29) is 0 Å². The van der Waals surface area contributed by atoms with Crippen LogP contribution in [0.5, 0.6) is 5.75 Å². The maximum absolute atomic E-state index is 5.65. The van der Waals surface area contributed by atoms with E-state index in [1.807, 2.05) is 30.3 Å². The summed E-state index contributed by atoms with van der Waals surface area (Å²) in [5.74, 6) is 1.96. The highest BCUT2D eigenvalue weighted by Crippen LogP contribution is 2.15. The van der Waals surface area contributed by atoms with Crippen LogP contribution < -0.4 is 21.5 Å². The molecule has 2 aromatic rings. The predicted molar refractivity (Wildman–Crippen MR) is 78.2 cm³/mol. The van der Waals surface area contributed by atoms with E-state index < -0.39 is 0 Å². The Morgan fingerprint density at radius 2 is 1.84 bits per heavy atom. The first-order valence-corrected chi connectivity index (χ1v) is 6.08. The lowest BCUT2D eigenvalue weighted by Crippen LogP contribution is -2.08. The SMILES string of the molecule is COc1ccc(CCNc2ccc(N)c(N)n2)cc1. The molecule has 5 nitrogen and oxygen atoms in total. The molecule has 0 spiro atoms. The predicted octanol–water partition coefficient (Wildman–Crippen LogP) is 1.91. The first-order valence-electron chi connectivity index (χ1n) is 6.08. The molecule has 0 fully saturated rings. The molecular weight excluding hydrogens is 240 g/mol. The van der Waals surface area contributed by atoms with Crippen LogP contribution in [0.2, 0.25) is 0 Å². The van der Waals surface area contributed by atoms with Crippen molar-refractivity contribution in [1.29, 1.82) is 0 Å². The van der Waals surface area contributed by atoms with Crippen LogP contribution in [-0.2, 0) is 6.42 Å². The number of aromatic nitrogens is 1. The average Bonchev–Trinajstić information content (AvgIpc) is 2.43. The lowest BCUT2D eigenvalue weighted by Gasteiger charge is -2.08. The standard InChI is InChI=1S/C14H18N4O/c1-19-11-4-2-10(3-5-11)8-9-17-13-7-6-12(15)14(16)18-13/h2-7H,8-9,15H2,1H3,(H3,16,17,18). The molecule has 1 aromatic carbocycles. The van der Waals surface area contributed by atoms with Gasteiger partial charge in [0.25, 0.3) is 0 Å². The summed E-state index contributed by atoms with van der Waals surface area (Å²) < 4.78 is 5.12. The van der Waals surface area contributed by atoms with Crippen molar-refractivity contribution in [2.45, 2.75) is 6.42 Å². The average molecular weight is 258 g/mol. The Morgan fingerprint density at radius 3 is 2.47 bits per heavy atom. The van der Waals surface area contributed by atoms with Gasteiger partial charge in [-0.25, -0.2) is 4.98 Å². The summed E-state index contributed by atoms with van der Waals surface area (Å²) >= 11 is 0. The normalized spacial score (nSPS) is 10.2. The second-order valence-electron chi connectivity index (χ2n) is 4.20. The van der Waals surface area contributed by atoms with Gasteiger partial charge < -0.3 is 21.5 Å². The molecule has 1 heterocycles. The summed E-state index contributed by atoms with van der Waals surface area (Å²) in [5, 5.41) is 3.21. The maximum atomic E-state index is 5.65. The molecule has 0 aliphatic rings. The van der Waals surface area contributed by atoms with Crippen LogP contribution in [0.4, 0.5) is 17.3 Å². The minimum absolute atomic E-state index is 0.356. The van der Waals surface area contributed by atoms with Gasteiger partial charge in [-0.2, -0.15) is 0 Å². The molecule has 0 unspecified atom stereocenters. The highest BCUT2D eigenvalue weighted by Gasteiger charge is 1.99. The lowest BCUT2D eigenvalue weighted by atomic mass is 10.1. The Kier molecular flexibility index (Phi) is 4.07. The first kappa shape index (κ1) is 13.0. The Morgan fingerprint density at radius 1 is 1.11 bits per heavy atom. The van der Waals surface area contributed by atoms with Gasteiger partial charge in [-0.3, -0.25) is 0 Å². The molecule has 2 rings (SSSR count). The van der Waals surface area contributed by atoms with Crippen molar-refractivity contribution in [3.8, 4) is 5.75 Å². The quantitative estimate of drug-likeness (QED) is 0.762. The van der Waals surface area contributed by atoms with Crippen molar-refractivity contribution in [1.82, 2.24) is 4.98 Å². The third kappa shape index (κ3) is 3.51. The number of pyridine rings is 1. The molecule has 0 aliphatic carbocycles. The highest BCUT2D eigenvalue weighted by molar-refractivity contribution is 5.61. The van der Waals surface area contributed by atoms with E-state index in [0.717, 1.165) is 24.5 Å². The fraction of sp³-hybridized carbons (Fsp3) is 0.214. The van der Waals surface area contributed by atoms with E-state index in [2.05, 4.69) is 10.3 Å². The van der Waals surface area contributed by atoms with Crippen molar-refractivity contribution in [2.24, 2.45) is 0 Å². The van der Waals surface area contributed by atoms with Crippen LogP contribution >= 0.6 is 0 Å².